The number of rotatable bonds is 5. The molecular formula is C42H36N2O. The van der Waals surface area contributed by atoms with Gasteiger partial charge in [0.15, 0.2) is 0 Å². The van der Waals surface area contributed by atoms with E-state index < -0.39 is 0 Å². The minimum atomic E-state index is -0.366. The van der Waals surface area contributed by atoms with Crippen molar-refractivity contribution in [2.24, 2.45) is 0 Å². The maximum Gasteiger partial charge on any atom is 0.131 e. The highest BCUT2D eigenvalue weighted by atomic mass is 16.5. The van der Waals surface area contributed by atoms with E-state index in [-0.39, 0.29) is 10.8 Å². The minimum absolute atomic E-state index is 0.156. The van der Waals surface area contributed by atoms with E-state index in [1.165, 1.54) is 39.0 Å². The molecule has 2 heterocycles. The zero-order chi connectivity index (χ0) is 30.6. The van der Waals surface area contributed by atoms with Gasteiger partial charge in [0.1, 0.15) is 11.5 Å². The number of hydrogen-bond acceptors (Lipinski definition) is 3. The molecule has 45 heavy (non-hydrogen) atoms. The molecule has 0 saturated carbocycles. The molecule has 3 heteroatoms. The monoisotopic (exact) mass is 584 g/mol. The van der Waals surface area contributed by atoms with Crippen LogP contribution in [0.2, 0.25) is 0 Å². The van der Waals surface area contributed by atoms with Crippen molar-refractivity contribution in [3.63, 3.8) is 0 Å². The van der Waals surface area contributed by atoms with Crippen LogP contribution in [0.25, 0.3) is 28.1 Å². The van der Waals surface area contributed by atoms with Crippen LogP contribution in [0, 0.1) is 0 Å². The van der Waals surface area contributed by atoms with Crippen molar-refractivity contribution in [2.75, 3.05) is 0 Å². The Morgan fingerprint density at radius 2 is 1.36 bits per heavy atom. The van der Waals surface area contributed by atoms with Gasteiger partial charge in [-0.1, -0.05) is 123 Å². The van der Waals surface area contributed by atoms with Crippen LogP contribution in [-0.4, -0.2) is 10.2 Å². The second kappa shape index (κ2) is 10.6. The second-order valence-corrected chi connectivity index (χ2v) is 13.1. The van der Waals surface area contributed by atoms with Crippen LogP contribution >= 0.6 is 0 Å². The van der Waals surface area contributed by atoms with E-state index in [4.69, 9.17) is 4.74 Å². The number of para-hydroxylation sites is 1. The molecule has 2 aliphatic carbocycles. The summed E-state index contributed by atoms with van der Waals surface area (Å²) in [6.07, 6.45) is 7.77. The highest BCUT2D eigenvalue weighted by molar-refractivity contribution is 5.89. The van der Waals surface area contributed by atoms with Crippen molar-refractivity contribution in [2.45, 2.75) is 50.9 Å². The molecule has 0 radical (unpaired) electrons. The Bertz CT molecular complexity index is 2010. The molecule has 0 bridgehead atoms. The van der Waals surface area contributed by atoms with E-state index in [2.05, 4.69) is 134 Å². The smallest absolute Gasteiger partial charge is 0.131 e. The zero-order valence-electron chi connectivity index (χ0n) is 26.0. The Labute approximate surface area is 265 Å². The fraction of sp³-hybridized carbons (Fsp3) is 0.190. The maximum absolute atomic E-state index is 6.64. The first-order chi connectivity index (χ1) is 22.0. The Morgan fingerprint density at radius 1 is 0.711 bits per heavy atom. The Hall–Kier alpha value is -5.02. The summed E-state index contributed by atoms with van der Waals surface area (Å²) in [6.45, 7) is 6.88. The third kappa shape index (κ3) is 4.33. The van der Waals surface area contributed by atoms with Crippen LogP contribution in [0.3, 0.4) is 0 Å². The molecule has 8 rings (SSSR count). The van der Waals surface area contributed by atoms with Crippen molar-refractivity contribution in [1.82, 2.24) is 10.2 Å². The average Bonchev–Trinajstić information content (AvgIpc) is 3.38. The molecule has 1 atom stereocenters. The lowest BCUT2D eigenvalue weighted by Gasteiger charge is -2.44. The Balaban J connectivity index is 1.17. The molecule has 1 unspecified atom stereocenters. The van der Waals surface area contributed by atoms with Crippen LogP contribution < -0.4 is 4.74 Å². The van der Waals surface area contributed by atoms with Crippen LogP contribution in [-0.2, 0) is 10.8 Å². The fourth-order valence-corrected chi connectivity index (χ4v) is 7.79. The fourth-order valence-electron chi connectivity index (χ4n) is 7.79. The Morgan fingerprint density at radius 3 is 2.09 bits per heavy atom. The predicted octanol–water partition coefficient (Wildman–Crippen LogP) is 10.2. The summed E-state index contributed by atoms with van der Waals surface area (Å²) in [7, 11) is 0. The minimum Gasteiger partial charge on any atom is -0.462 e. The lowest BCUT2D eigenvalue weighted by Crippen LogP contribution is -2.38. The highest BCUT2D eigenvalue weighted by Crippen LogP contribution is 2.62. The van der Waals surface area contributed by atoms with Gasteiger partial charge in [-0.3, -0.25) is 0 Å². The van der Waals surface area contributed by atoms with E-state index in [0.29, 0.717) is 0 Å². The van der Waals surface area contributed by atoms with Gasteiger partial charge in [-0.15, -0.1) is 10.2 Å². The van der Waals surface area contributed by atoms with Gasteiger partial charge in [0, 0.05) is 16.7 Å². The summed E-state index contributed by atoms with van der Waals surface area (Å²) in [5.41, 5.74) is 12.9. The summed E-state index contributed by atoms with van der Waals surface area (Å²) in [5.74, 6) is 1.97. The van der Waals surface area contributed by atoms with E-state index in [1.807, 2.05) is 24.3 Å². The lowest BCUT2D eigenvalue weighted by atomic mass is 9.60. The summed E-state index contributed by atoms with van der Waals surface area (Å²) < 4.78 is 6.64. The summed E-state index contributed by atoms with van der Waals surface area (Å²) in [5, 5.41) is 9.08. The van der Waals surface area contributed by atoms with Gasteiger partial charge in [-0.25, -0.2) is 0 Å². The second-order valence-electron chi connectivity index (χ2n) is 13.1. The summed E-state index contributed by atoms with van der Waals surface area (Å²) in [6, 6.07) is 40.9. The van der Waals surface area contributed by atoms with Gasteiger partial charge in [0.25, 0.3) is 0 Å². The van der Waals surface area contributed by atoms with Crippen molar-refractivity contribution in [3.8, 4) is 28.3 Å². The number of nitrogens with zero attached hydrogens (tertiary/aromatic N) is 2. The number of ether oxygens (including phenoxy) is 1. The molecule has 1 spiro atoms. The first-order valence-corrected chi connectivity index (χ1v) is 15.9. The van der Waals surface area contributed by atoms with E-state index in [1.54, 1.807) is 0 Å². The molecule has 3 nitrogen and oxygen atoms in total. The number of aromatic nitrogens is 2. The van der Waals surface area contributed by atoms with Gasteiger partial charge in [-0.2, -0.15) is 0 Å². The van der Waals surface area contributed by atoms with Crippen LogP contribution in [0.1, 0.15) is 62.3 Å². The third-order valence-electron chi connectivity index (χ3n) is 9.98. The van der Waals surface area contributed by atoms with Crippen LogP contribution in [0.15, 0.2) is 144 Å². The maximum atomic E-state index is 6.64. The lowest BCUT2D eigenvalue weighted by molar-refractivity contribution is 0.361. The Kier molecular flexibility index (Phi) is 6.46. The quantitative estimate of drug-likeness (QED) is 0.206. The molecule has 5 aromatic rings. The van der Waals surface area contributed by atoms with Crippen molar-refractivity contribution < 1.29 is 4.74 Å². The normalized spacial score (nSPS) is 18.5. The van der Waals surface area contributed by atoms with Crippen molar-refractivity contribution >= 4 is 5.57 Å². The molecule has 1 aromatic heterocycles. The molecule has 0 saturated heterocycles. The zero-order valence-corrected chi connectivity index (χ0v) is 26.0. The van der Waals surface area contributed by atoms with E-state index in [0.717, 1.165) is 53.3 Å². The number of allylic oxidation sites excluding steroid dienone is 6. The van der Waals surface area contributed by atoms with Crippen LogP contribution in [0.5, 0.6) is 5.75 Å². The standard InChI is InChI=1S/C42H36N2O/c1-28-37(27-41(2,3)31-23-21-30(22-24-31)39-26-25-38(43-44-39)29-13-5-4-6-14-29)42(36-19-11-12-20-40(36)45-28)34-17-9-7-15-32(34)33-16-8-10-18-35(33)42/h4-7,9-15,17-26H,8,16,27H2,1-3H3. The number of hydrogen-bond donors (Lipinski definition) is 0. The third-order valence-corrected chi connectivity index (χ3v) is 9.98. The first kappa shape index (κ1) is 27.5. The van der Waals surface area contributed by atoms with E-state index in [9.17, 15) is 0 Å². The van der Waals surface area contributed by atoms with Gasteiger partial charge in [0.05, 0.1) is 16.8 Å². The largest absolute Gasteiger partial charge is 0.462 e. The predicted molar refractivity (Wildman–Crippen MR) is 183 cm³/mol. The SMILES string of the molecule is CC1=C(CC(C)(C)c2ccc(-c3ccc(-c4ccccc4)nn3)cc2)C2(C3=C(CCC=C3)c3ccccc32)c2ccccc2O1. The highest BCUT2D eigenvalue weighted by Gasteiger charge is 2.53. The summed E-state index contributed by atoms with van der Waals surface area (Å²) >= 11 is 0. The average molecular weight is 585 g/mol. The molecule has 4 aromatic carbocycles. The number of fused-ring (bicyclic) bond motifs is 6. The topological polar surface area (TPSA) is 35.0 Å². The molecule has 0 N–H and O–H groups in total. The molecule has 3 aliphatic rings. The molecular weight excluding hydrogens is 548 g/mol. The number of benzene rings is 4. The van der Waals surface area contributed by atoms with Crippen molar-refractivity contribution in [1.29, 1.82) is 0 Å². The van der Waals surface area contributed by atoms with E-state index >= 15 is 0 Å². The van der Waals surface area contributed by atoms with Gasteiger partial charge < -0.3 is 4.74 Å². The molecule has 0 amide bonds. The molecule has 0 fully saturated rings. The van der Waals surface area contributed by atoms with Crippen LogP contribution in [0.4, 0.5) is 0 Å². The summed E-state index contributed by atoms with van der Waals surface area (Å²) in [4.78, 5) is 0. The molecule has 220 valence electrons. The first-order valence-electron chi connectivity index (χ1n) is 15.9. The molecule has 1 aliphatic heterocycles. The van der Waals surface area contributed by atoms with Crippen molar-refractivity contribution in [3.05, 3.63) is 167 Å². The van der Waals surface area contributed by atoms with Gasteiger partial charge >= 0.3 is 0 Å². The van der Waals surface area contributed by atoms with Gasteiger partial charge in [-0.05, 0) is 83.2 Å². The van der Waals surface area contributed by atoms with Gasteiger partial charge in [0.2, 0.25) is 0 Å².